The number of nitrogens with one attached hydrogen (secondary N) is 8. The van der Waals surface area contributed by atoms with Crippen LogP contribution < -0.4 is 42.5 Å². The van der Waals surface area contributed by atoms with Gasteiger partial charge in [0, 0.05) is 56.0 Å². The molecule has 0 spiro atoms. The molecule has 0 bridgehead atoms. The van der Waals surface area contributed by atoms with Crippen molar-refractivity contribution in [2.24, 2.45) is 67.0 Å². The summed E-state index contributed by atoms with van der Waals surface area (Å²) < 4.78 is 40.5. The van der Waals surface area contributed by atoms with E-state index in [1.54, 1.807) is 96.9 Å². The summed E-state index contributed by atoms with van der Waals surface area (Å²) in [7, 11) is 3.95. The quantitative estimate of drug-likeness (QED) is 0.0299. The molecule has 0 radical (unpaired) electrons. The molecule has 30 heteroatoms. The maximum atomic E-state index is 12.2. The van der Waals surface area contributed by atoms with Gasteiger partial charge in [0.05, 0.1) is 52.3 Å². The van der Waals surface area contributed by atoms with Crippen LogP contribution in [0.1, 0.15) is 335 Å². The van der Waals surface area contributed by atoms with E-state index in [1.165, 1.54) is 21.3 Å². The molecular weight excluding hydrogens is 1640 g/mol. The second-order valence-corrected chi connectivity index (χ2v) is 43.6. The first kappa shape index (κ1) is 130. The maximum Gasteiger partial charge on any atom is 0.331 e. The van der Waals surface area contributed by atoms with Crippen molar-refractivity contribution in [2.75, 3.05) is 41.2 Å². The third-order valence-electron chi connectivity index (χ3n) is 18.1. The lowest BCUT2D eigenvalue weighted by Gasteiger charge is -2.29. The van der Waals surface area contributed by atoms with Gasteiger partial charge in [-0.2, -0.15) is 0 Å². The van der Waals surface area contributed by atoms with Crippen molar-refractivity contribution >= 4 is 83.1 Å². The predicted octanol–water partition coefficient (Wildman–Crippen LogP) is 15.2. The van der Waals surface area contributed by atoms with Crippen LogP contribution in [0.15, 0.2) is 30.3 Å². The Balaban J connectivity index is -0.000000335. The van der Waals surface area contributed by atoms with Gasteiger partial charge < -0.3 is 80.4 Å². The molecule has 0 aliphatic carbocycles. The molecule has 8 atom stereocenters. The van der Waals surface area contributed by atoms with E-state index in [-0.39, 0.29) is 113 Å². The van der Waals surface area contributed by atoms with E-state index in [1.807, 2.05) is 217 Å². The number of hydrogen-bond donors (Lipinski definition) is 8. The van der Waals surface area contributed by atoms with Crippen molar-refractivity contribution in [1.29, 1.82) is 0 Å². The Labute approximate surface area is 773 Å². The molecule has 1 aromatic rings. The normalized spacial score (nSPS) is 14.6. The summed E-state index contributed by atoms with van der Waals surface area (Å²) in [4.78, 5) is 164. The summed E-state index contributed by atoms with van der Waals surface area (Å²) in [5.41, 5.74) is -3.75. The highest BCUT2D eigenvalue weighted by atomic mass is 16.6. The molecule has 8 N–H and O–H groups in total. The average molecular weight is 1820 g/mol. The summed E-state index contributed by atoms with van der Waals surface area (Å²) in [5, 5.41) is 22.2. The highest BCUT2D eigenvalue weighted by Crippen LogP contribution is 2.24. The lowest BCUT2D eigenvalue weighted by Crippen LogP contribution is -2.51. The van der Waals surface area contributed by atoms with Gasteiger partial charge in [-0.05, 0) is 124 Å². The highest BCUT2D eigenvalue weighted by molar-refractivity contribution is 5.91. The molecule has 1 unspecified atom stereocenters. The Hall–Kier alpha value is -8.28. The summed E-state index contributed by atoms with van der Waals surface area (Å²) >= 11 is 0. The molecule has 1 saturated heterocycles. The van der Waals surface area contributed by atoms with Crippen LogP contribution in [0.25, 0.3) is 0 Å². The first-order valence-corrected chi connectivity index (χ1v) is 45.1. The number of benzene rings is 1. The average Bonchev–Trinajstić information content (AvgIpc) is 1.36. The van der Waals surface area contributed by atoms with E-state index in [0.29, 0.717) is 25.0 Å². The summed E-state index contributed by atoms with van der Waals surface area (Å²) in [6, 6.07) is 6.26. The van der Waals surface area contributed by atoms with Crippen LogP contribution >= 0.6 is 0 Å². The zero-order chi connectivity index (χ0) is 102. The lowest BCUT2D eigenvalue weighted by atomic mass is 9.94. The van der Waals surface area contributed by atoms with Crippen LogP contribution in [-0.2, 0) is 112 Å². The molecular formula is C98H182N8O22. The second kappa shape index (κ2) is 59.9. The van der Waals surface area contributed by atoms with E-state index < -0.39 is 104 Å². The summed E-state index contributed by atoms with van der Waals surface area (Å²) in [6.07, 6.45) is 5.00. The van der Waals surface area contributed by atoms with Crippen LogP contribution in [0.4, 0.5) is 0 Å². The van der Waals surface area contributed by atoms with Gasteiger partial charge in [-0.3, -0.25) is 38.4 Å². The topological polar surface area (TPSA) is 409 Å². The van der Waals surface area contributed by atoms with Gasteiger partial charge in [-0.1, -0.05) is 266 Å². The van der Waals surface area contributed by atoms with Crippen LogP contribution in [0, 0.1) is 67.0 Å². The van der Waals surface area contributed by atoms with Gasteiger partial charge in [0.25, 0.3) is 0 Å². The fraction of sp³-hybridized carbons (Fsp3) is 0.796. The van der Waals surface area contributed by atoms with Crippen molar-refractivity contribution in [2.45, 2.75) is 402 Å². The van der Waals surface area contributed by atoms with Crippen LogP contribution in [0.5, 0.6) is 0 Å². The minimum absolute atomic E-state index is 0.0174. The second-order valence-electron chi connectivity index (χ2n) is 43.6. The zero-order valence-electron chi connectivity index (χ0n) is 88.2. The molecule has 1 aromatic carbocycles. The standard InChI is InChI=1S/C17H25NO3.C16H31NO4.2C12H23NO3.C11H21NO3.C11H21NO2.C10H21NO.C9H17NO3/c1-12(2)14(18-16(20)17(3,4)5)15(19)21-11-13-9-7-6-8-10-13;1-14(2,3)13(19)17-11(10-20-15(4,5)6)12(18)21-16(7,8)9;1-8(2)7-9(10(14)16-6)13-11(15)12(3,4)5;1-7-16-10(14)9(8(2)3)13-11(15)12(4,5)6;1-7(2)8(9(13)15-6)12-10(14)11(3,4)5;1-8(9-6-5-7-14-9)12-10(13)11(2,3)4;1-6-8(7-2)11-9(12)10(3,4)5;1-6(7(11)13-5)10-8(12)9(2,3)4/h6-10,12,14H,11H2,1-5H3,(H,18,20);11H,10H2,1-9H3,(H,17,19);2*8-9H,7H2,1-6H3,(H,13,15);7-8H,1-6H3,(H,12,14);8-9H,5-7H2,1-4H3,(H,12,13);8H,6-7H2,1-5H3,(H,11,12);6H,1-5H3,(H,10,12)/t14-;11-;2*9-;8-;8-,9?;;6-/m000000.0/s1. The first-order chi connectivity index (χ1) is 57.5. The monoisotopic (exact) mass is 1820 g/mol. The van der Waals surface area contributed by atoms with Gasteiger partial charge in [0.2, 0.25) is 47.3 Å². The minimum atomic E-state index is -0.810. The molecule has 1 aliphatic rings. The van der Waals surface area contributed by atoms with Crippen molar-refractivity contribution in [3.63, 3.8) is 0 Å². The third kappa shape index (κ3) is 62.9. The van der Waals surface area contributed by atoms with Crippen molar-refractivity contribution in [3.05, 3.63) is 35.9 Å². The highest BCUT2D eigenvalue weighted by Gasteiger charge is 2.37. The molecule has 1 aliphatic heterocycles. The van der Waals surface area contributed by atoms with Crippen LogP contribution in [0.2, 0.25) is 0 Å². The zero-order valence-corrected chi connectivity index (χ0v) is 88.2. The molecule has 2 rings (SSSR count). The number of ether oxygens (including phenoxy) is 8. The Kier molecular flexibility index (Phi) is 61.1. The summed E-state index contributed by atoms with van der Waals surface area (Å²) in [5.74, 6) is -2.83. The van der Waals surface area contributed by atoms with E-state index >= 15 is 0 Å². The molecule has 0 saturated carbocycles. The van der Waals surface area contributed by atoms with E-state index in [9.17, 15) is 67.1 Å². The number of esters is 6. The van der Waals surface area contributed by atoms with E-state index in [0.717, 1.165) is 37.9 Å². The Morgan fingerprint density at radius 2 is 0.688 bits per heavy atom. The lowest BCUT2D eigenvalue weighted by molar-refractivity contribution is -0.162. The minimum Gasteiger partial charge on any atom is -0.467 e. The van der Waals surface area contributed by atoms with Crippen LogP contribution in [-0.4, -0.2) is 190 Å². The number of hydrogen-bond acceptors (Lipinski definition) is 22. The van der Waals surface area contributed by atoms with Crippen molar-refractivity contribution < 1.29 is 105 Å². The van der Waals surface area contributed by atoms with Gasteiger partial charge in [-0.15, -0.1) is 0 Å². The molecule has 128 heavy (non-hydrogen) atoms. The molecule has 1 fully saturated rings. The smallest absolute Gasteiger partial charge is 0.331 e. The Bertz CT molecular complexity index is 3480. The van der Waals surface area contributed by atoms with Gasteiger partial charge in [0.15, 0.2) is 6.04 Å². The Morgan fingerprint density at radius 3 is 0.984 bits per heavy atom. The van der Waals surface area contributed by atoms with Gasteiger partial charge in [-0.25, -0.2) is 28.8 Å². The number of amides is 8. The maximum absolute atomic E-state index is 12.2. The van der Waals surface area contributed by atoms with Crippen molar-refractivity contribution in [1.82, 2.24) is 42.5 Å². The van der Waals surface area contributed by atoms with Gasteiger partial charge >= 0.3 is 35.8 Å². The fourth-order valence-electron chi connectivity index (χ4n) is 9.25. The summed E-state index contributed by atoms with van der Waals surface area (Å²) in [6.45, 7) is 81.3. The number of rotatable bonds is 27. The number of carbonyl (C=O) groups is 14. The predicted molar refractivity (Wildman–Crippen MR) is 506 cm³/mol. The van der Waals surface area contributed by atoms with E-state index in [4.69, 9.17) is 23.7 Å². The number of carbonyl (C=O) groups excluding carboxylic acids is 14. The largest absolute Gasteiger partial charge is 0.467 e. The van der Waals surface area contributed by atoms with Crippen molar-refractivity contribution in [3.8, 4) is 0 Å². The van der Waals surface area contributed by atoms with Gasteiger partial charge in [0.1, 0.15) is 42.4 Å². The molecule has 30 nitrogen and oxygen atoms in total. The molecule has 1 heterocycles. The molecule has 0 aromatic heterocycles. The third-order valence-corrected chi connectivity index (χ3v) is 18.1. The number of methoxy groups -OCH3 is 3. The molecule has 8 amide bonds. The fourth-order valence-corrected chi connectivity index (χ4v) is 9.25. The van der Waals surface area contributed by atoms with E-state index in [2.05, 4.69) is 70.6 Å². The Morgan fingerprint density at radius 1 is 0.367 bits per heavy atom. The molecule has 746 valence electrons. The first-order valence-electron chi connectivity index (χ1n) is 45.1. The SMILES string of the molecule is CC(C)(C)OC[C@H](NC(=O)C(C)(C)C)C(=O)OC(C)(C)C.CC(C)[C@H](NC(=O)C(C)(C)C)C(=O)OCc1ccccc1.CCC(CC)NC(=O)C(C)(C)C.CCOC(=O)[C@@H](NC(=O)C(C)(C)C)C(C)C.COC(=O)[C@@H](NC(=O)C(C)(C)C)C(C)C.COC(=O)[C@H](C)NC(=O)C(C)(C)C.COC(=O)[C@H](CC(C)C)NC(=O)C(C)(C)C.C[C@H](NC(=O)C(C)(C)C)C1CCCO1. The van der Waals surface area contributed by atoms with Crippen LogP contribution in [0.3, 0.4) is 0 Å².